The Labute approximate surface area is 125 Å². The topological polar surface area (TPSA) is 50.4 Å². The Bertz CT molecular complexity index is 557. The van der Waals surface area contributed by atoms with Crippen molar-refractivity contribution >= 4 is 44.2 Å². The fourth-order valence-corrected chi connectivity index (χ4v) is 5.00. The Morgan fingerprint density at radius 3 is 2.79 bits per heavy atom. The van der Waals surface area contributed by atoms with Gasteiger partial charge >= 0.3 is 0 Å². The molecule has 0 radical (unpaired) electrons. The van der Waals surface area contributed by atoms with Crippen LogP contribution in [0.25, 0.3) is 0 Å². The van der Waals surface area contributed by atoms with Crippen LogP contribution in [0.3, 0.4) is 0 Å². The highest BCUT2D eigenvalue weighted by atomic mass is 35.5. The Hall–Kier alpha value is -1.04. The molecule has 0 saturated heterocycles. The van der Waals surface area contributed by atoms with Crippen molar-refractivity contribution in [1.82, 2.24) is 4.72 Å². The van der Waals surface area contributed by atoms with E-state index < -0.39 is 10.2 Å². The molecule has 1 aliphatic rings. The summed E-state index contributed by atoms with van der Waals surface area (Å²) in [6, 6.07) is 7.88. The van der Waals surface area contributed by atoms with Gasteiger partial charge in [0.25, 0.3) is 0 Å². The van der Waals surface area contributed by atoms with E-state index in [1.54, 1.807) is 0 Å². The smallest absolute Gasteiger partial charge is 0.173 e. The van der Waals surface area contributed by atoms with Crippen molar-refractivity contribution in [2.24, 2.45) is 10.7 Å². The van der Waals surface area contributed by atoms with Crippen molar-refractivity contribution in [3.63, 3.8) is 0 Å². The van der Waals surface area contributed by atoms with Crippen LogP contribution in [-0.4, -0.2) is 15.9 Å². The molecular formula is C13H16ClN3S2. The molecule has 0 saturated carbocycles. The number of thiocarbonyl (C=S) groups is 1. The van der Waals surface area contributed by atoms with Crippen LogP contribution in [0, 0.1) is 0 Å². The number of nitrogens with zero attached hydrogens (tertiary/aromatic N) is 1. The highest BCUT2D eigenvalue weighted by Crippen LogP contribution is 2.50. The average molecular weight is 314 g/mol. The van der Waals surface area contributed by atoms with Crippen molar-refractivity contribution in [2.45, 2.75) is 13.3 Å². The molecule has 0 amide bonds. The molecule has 102 valence electrons. The fourth-order valence-electron chi connectivity index (χ4n) is 1.96. The molecule has 3 nitrogen and oxygen atoms in total. The minimum Gasteiger partial charge on any atom is -0.376 e. The number of aliphatic imine (C=N–C) groups is 1. The molecule has 1 aliphatic heterocycles. The van der Waals surface area contributed by atoms with Gasteiger partial charge in [-0.1, -0.05) is 29.8 Å². The maximum Gasteiger partial charge on any atom is 0.173 e. The van der Waals surface area contributed by atoms with Crippen molar-refractivity contribution in [3.05, 3.63) is 46.5 Å². The van der Waals surface area contributed by atoms with Crippen molar-refractivity contribution in [2.75, 3.05) is 5.75 Å². The summed E-state index contributed by atoms with van der Waals surface area (Å²) in [6.45, 7) is 2.01. The van der Waals surface area contributed by atoms with Gasteiger partial charge in [-0.2, -0.15) is 0 Å². The molecule has 0 spiro atoms. The van der Waals surface area contributed by atoms with Gasteiger partial charge in [-0.15, -0.1) is 10.2 Å². The minimum atomic E-state index is -1.36. The molecule has 1 heterocycles. The third-order valence-electron chi connectivity index (χ3n) is 3.01. The molecule has 0 aliphatic carbocycles. The highest BCUT2D eigenvalue weighted by molar-refractivity contribution is 8.46. The SMILES string of the molecule is CC1=NC=CS1(CCc1ccccc1Cl)NC(N)=S. The second-order valence-corrected chi connectivity index (χ2v) is 8.15. The molecular weight excluding hydrogens is 298 g/mol. The molecule has 3 N–H and O–H groups in total. The van der Waals surface area contributed by atoms with Crippen LogP contribution >= 0.6 is 34.0 Å². The number of rotatable bonds is 4. The zero-order chi connectivity index (χ0) is 13.9. The first-order valence-corrected chi connectivity index (χ1v) is 8.51. The summed E-state index contributed by atoms with van der Waals surface area (Å²) in [5.41, 5.74) is 6.78. The zero-order valence-electron chi connectivity index (χ0n) is 10.6. The van der Waals surface area contributed by atoms with Gasteiger partial charge in [-0.25, -0.2) is 0 Å². The lowest BCUT2D eigenvalue weighted by atomic mass is 10.2. The predicted molar refractivity (Wildman–Crippen MR) is 89.8 cm³/mol. The summed E-state index contributed by atoms with van der Waals surface area (Å²) < 4.78 is 3.23. The van der Waals surface area contributed by atoms with Crippen molar-refractivity contribution < 1.29 is 0 Å². The first-order valence-electron chi connectivity index (χ1n) is 5.86. The molecule has 19 heavy (non-hydrogen) atoms. The number of nitrogens with two attached hydrogens (primary N) is 1. The van der Waals surface area contributed by atoms with Crippen LogP contribution in [0.2, 0.25) is 5.02 Å². The van der Waals surface area contributed by atoms with E-state index in [0.717, 1.165) is 27.8 Å². The lowest BCUT2D eigenvalue weighted by Crippen LogP contribution is -2.35. The molecule has 0 bridgehead atoms. The fraction of sp³-hybridized carbons (Fsp3) is 0.231. The quantitative estimate of drug-likeness (QED) is 0.838. The summed E-state index contributed by atoms with van der Waals surface area (Å²) in [5.74, 6) is 0.889. The Balaban J connectivity index is 2.15. The highest BCUT2D eigenvalue weighted by Gasteiger charge is 2.27. The second-order valence-electron chi connectivity index (χ2n) is 4.24. The molecule has 2 rings (SSSR count). The third kappa shape index (κ3) is 3.29. The van der Waals surface area contributed by atoms with Gasteiger partial charge in [0.1, 0.15) is 0 Å². The van der Waals surface area contributed by atoms with E-state index in [0.29, 0.717) is 5.11 Å². The summed E-state index contributed by atoms with van der Waals surface area (Å²) in [5, 5.41) is 4.24. The number of hydrogen-bond donors (Lipinski definition) is 2. The maximum absolute atomic E-state index is 6.19. The maximum atomic E-state index is 6.19. The number of benzene rings is 1. The second kappa shape index (κ2) is 5.94. The largest absolute Gasteiger partial charge is 0.376 e. The van der Waals surface area contributed by atoms with Crippen LogP contribution in [-0.2, 0) is 6.42 Å². The molecule has 0 fully saturated rings. The zero-order valence-corrected chi connectivity index (χ0v) is 13.0. The third-order valence-corrected chi connectivity index (χ3v) is 6.79. The number of halogens is 1. The van der Waals surface area contributed by atoms with Gasteiger partial charge in [0.2, 0.25) is 0 Å². The van der Waals surface area contributed by atoms with Crippen LogP contribution in [0.5, 0.6) is 0 Å². The molecule has 1 unspecified atom stereocenters. The van der Waals surface area contributed by atoms with E-state index in [-0.39, 0.29) is 0 Å². The minimum absolute atomic E-state index is 0.315. The van der Waals surface area contributed by atoms with Gasteiger partial charge in [-0.05, 0) is 42.6 Å². The van der Waals surface area contributed by atoms with Crippen LogP contribution in [0.4, 0.5) is 0 Å². The van der Waals surface area contributed by atoms with Gasteiger partial charge in [-0.3, -0.25) is 4.99 Å². The van der Waals surface area contributed by atoms with Gasteiger partial charge < -0.3 is 10.5 Å². The average Bonchev–Trinajstić information content (AvgIpc) is 2.69. The van der Waals surface area contributed by atoms with E-state index in [1.807, 2.05) is 37.4 Å². The molecule has 1 aromatic carbocycles. The van der Waals surface area contributed by atoms with Crippen molar-refractivity contribution in [1.29, 1.82) is 0 Å². The first kappa shape index (κ1) is 14.4. The summed E-state index contributed by atoms with van der Waals surface area (Å²) in [6.07, 6.45) is 2.68. The summed E-state index contributed by atoms with van der Waals surface area (Å²) in [4.78, 5) is 4.34. The molecule has 1 aromatic rings. The molecule has 0 aromatic heterocycles. The Morgan fingerprint density at radius 2 is 2.21 bits per heavy atom. The van der Waals surface area contributed by atoms with E-state index in [1.165, 1.54) is 0 Å². The number of nitrogens with one attached hydrogen (secondary N) is 1. The Kier molecular flexibility index (Phi) is 4.50. The lowest BCUT2D eigenvalue weighted by molar-refractivity contribution is 1.14. The Morgan fingerprint density at radius 1 is 1.47 bits per heavy atom. The lowest BCUT2D eigenvalue weighted by Gasteiger charge is -2.35. The normalized spacial score (nSPS) is 24.6. The van der Waals surface area contributed by atoms with Crippen LogP contribution < -0.4 is 10.5 Å². The van der Waals surface area contributed by atoms with Gasteiger partial charge in [0, 0.05) is 17.0 Å². The van der Waals surface area contributed by atoms with Gasteiger partial charge in [0.15, 0.2) is 5.11 Å². The van der Waals surface area contributed by atoms with E-state index in [9.17, 15) is 0 Å². The summed E-state index contributed by atoms with van der Waals surface area (Å²) >= 11 is 11.2. The predicted octanol–water partition coefficient (Wildman–Crippen LogP) is 3.34. The van der Waals surface area contributed by atoms with E-state index in [4.69, 9.17) is 29.6 Å². The van der Waals surface area contributed by atoms with Gasteiger partial charge in [0.05, 0.1) is 5.04 Å². The number of aryl methyl sites for hydroxylation is 1. The standard InChI is InChI=1S/C13H16ClN3S2/c1-10-16-7-9-19(10,17-13(15)18)8-6-11-4-2-3-5-12(11)14/h2-5,7,9H,6,8H2,1H3,(H3,15,17,18). The number of hydrogen-bond acceptors (Lipinski definition) is 2. The van der Waals surface area contributed by atoms with Crippen LogP contribution in [0.15, 0.2) is 40.9 Å². The van der Waals surface area contributed by atoms with Crippen molar-refractivity contribution in [3.8, 4) is 0 Å². The van der Waals surface area contributed by atoms with E-state index in [2.05, 4.69) is 15.1 Å². The van der Waals surface area contributed by atoms with E-state index >= 15 is 0 Å². The first-order chi connectivity index (χ1) is 9.03. The molecule has 6 heteroatoms. The molecule has 1 atom stereocenters. The summed E-state index contributed by atoms with van der Waals surface area (Å²) in [7, 11) is -1.36. The van der Waals surface area contributed by atoms with Crippen LogP contribution in [0.1, 0.15) is 12.5 Å². The monoisotopic (exact) mass is 313 g/mol.